The highest BCUT2D eigenvalue weighted by molar-refractivity contribution is 5.74. The highest BCUT2D eigenvalue weighted by Gasteiger charge is 2.54. The fourth-order valence-electron chi connectivity index (χ4n) is 5.28. The second-order valence-electron chi connectivity index (χ2n) is 10.5. The lowest BCUT2D eigenvalue weighted by molar-refractivity contribution is -0.351. The Kier molecular flexibility index (Phi) is 12.5. The zero-order valence-corrected chi connectivity index (χ0v) is 23.6. The van der Waals surface area contributed by atoms with Crippen molar-refractivity contribution in [3.63, 3.8) is 0 Å². The normalized spacial score (nSPS) is 43.5. The minimum absolute atomic E-state index is 0.628. The Balaban J connectivity index is 1.89. The van der Waals surface area contributed by atoms with E-state index in [4.69, 9.17) is 23.7 Å². The summed E-state index contributed by atoms with van der Waals surface area (Å²) in [6.07, 6.45) is -19.0. The number of carbonyl (C=O) groups excluding carboxylic acids is 3. The van der Waals surface area contributed by atoms with Crippen molar-refractivity contribution in [3.8, 4) is 0 Å². The Morgan fingerprint density at radius 2 is 0.930 bits per heavy atom. The second kappa shape index (κ2) is 15.3. The topological polar surface area (TPSA) is 295 Å². The Morgan fingerprint density at radius 1 is 0.558 bits per heavy atom. The van der Waals surface area contributed by atoms with Crippen LogP contribution in [-0.2, 0) is 38.1 Å². The number of aliphatic hydroxyl groups excluding tert-OH is 8. The van der Waals surface area contributed by atoms with Crippen LogP contribution in [0.4, 0.5) is 0 Å². The monoisotopic (exact) mass is 627 g/mol. The van der Waals surface area contributed by atoms with Gasteiger partial charge in [0.1, 0.15) is 73.1 Å². The van der Waals surface area contributed by atoms with Crippen LogP contribution in [0.1, 0.15) is 20.8 Å². The van der Waals surface area contributed by atoms with E-state index in [1.807, 2.05) is 0 Å². The maximum Gasteiger partial charge on any atom is 0.217 e. The van der Waals surface area contributed by atoms with Crippen molar-refractivity contribution >= 4 is 17.7 Å². The molecule has 3 rings (SSSR count). The van der Waals surface area contributed by atoms with E-state index < -0.39 is 129 Å². The molecule has 3 aliphatic heterocycles. The van der Waals surface area contributed by atoms with Crippen molar-refractivity contribution in [1.29, 1.82) is 0 Å². The summed E-state index contributed by atoms with van der Waals surface area (Å²) >= 11 is 0. The fourth-order valence-corrected chi connectivity index (χ4v) is 5.28. The molecule has 3 amide bonds. The van der Waals surface area contributed by atoms with Crippen molar-refractivity contribution < 1.29 is 78.9 Å². The smallest absolute Gasteiger partial charge is 0.217 e. The molecule has 0 radical (unpaired) electrons. The lowest BCUT2D eigenvalue weighted by Crippen LogP contribution is -2.71. The standard InChI is InChI=1S/C24H41N3O16/c1-7(31)25-13-18(36)20(11(5-29)39-22(13)38)42-24-15(27-9(3)33)19(37)21(12(6-30)41-24)43-23-14(26-8(2)32)17(35)16(34)10(4-28)40-23/h10-24,28-30,34-38H,4-6H2,1-3H3,(H,25,31)(H,26,32)(H,27,33)/t10-,11-,12-,13-,14+,15+,16+,17-,18+,19-,20+,21+,22-,23+,24+/m0/s1. The summed E-state index contributed by atoms with van der Waals surface area (Å²) in [6.45, 7) is 0.995. The molecular formula is C24H41N3O16. The first-order valence-electron chi connectivity index (χ1n) is 13.5. The average molecular weight is 628 g/mol. The molecule has 0 bridgehead atoms. The summed E-state index contributed by atoms with van der Waals surface area (Å²) in [7, 11) is 0. The number of aliphatic hydroxyl groups is 8. The number of hydrogen-bond acceptors (Lipinski definition) is 16. The zero-order valence-electron chi connectivity index (χ0n) is 23.6. The van der Waals surface area contributed by atoms with E-state index >= 15 is 0 Å². The molecule has 43 heavy (non-hydrogen) atoms. The molecule has 248 valence electrons. The SMILES string of the molecule is CC(=O)N[C@H]1[C@@H](O[C@H]2[C@@H](O)[C@@H](NC(C)=O)[C@@H](O[C@H]3[C@H](O)[C@H](NC(C)=O)[C@@H](O)O[C@H]3CO)O[C@H]2CO)O[C@@H](CO)[C@@H](O)[C@H]1O. The van der Waals surface area contributed by atoms with Crippen molar-refractivity contribution in [2.24, 2.45) is 0 Å². The third-order valence-corrected chi connectivity index (χ3v) is 7.30. The molecule has 3 saturated heterocycles. The third-order valence-electron chi connectivity index (χ3n) is 7.30. The van der Waals surface area contributed by atoms with Crippen LogP contribution in [0.3, 0.4) is 0 Å². The summed E-state index contributed by atoms with van der Waals surface area (Å²) in [4.78, 5) is 35.5. The van der Waals surface area contributed by atoms with Gasteiger partial charge in [0, 0.05) is 20.8 Å². The average Bonchev–Trinajstić information content (AvgIpc) is 2.94. The third kappa shape index (κ3) is 8.14. The van der Waals surface area contributed by atoms with Gasteiger partial charge in [-0.15, -0.1) is 0 Å². The Labute approximate surface area is 245 Å². The number of carbonyl (C=O) groups is 3. The van der Waals surface area contributed by atoms with Gasteiger partial charge in [0.15, 0.2) is 18.9 Å². The number of nitrogens with one attached hydrogen (secondary N) is 3. The highest BCUT2D eigenvalue weighted by Crippen LogP contribution is 2.32. The van der Waals surface area contributed by atoms with Gasteiger partial charge in [0.25, 0.3) is 0 Å². The number of amides is 3. The van der Waals surface area contributed by atoms with E-state index in [0.717, 1.165) is 20.8 Å². The van der Waals surface area contributed by atoms with Gasteiger partial charge in [0.05, 0.1) is 19.8 Å². The van der Waals surface area contributed by atoms with E-state index in [-0.39, 0.29) is 0 Å². The molecule has 0 spiro atoms. The molecule has 11 N–H and O–H groups in total. The number of ether oxygens (including phenoxy) is 5. The number of hydrogen-bond donors (Lipinski definition) is 11. The first-order chi connectivity index (χ1) is 20.2. The van der Waals surface area contributed by atoms with Crippen molar-refractivity contribution in [2.45, 2.75) is 113 Å². The molecule has 3 aliphatic rings. The highest BCUT2D eigenvalue weighted by atomic mass is 16.7. The molecule has 19 nitrogen and oxygen atoms in total. The van der Waals surface area contributed by atoms with E-state index in [1.54, 1.807) is 0 Å². The van der Waals surface area contributed by atoms with Crippen LogP contribution in [-0.4, -0.2) is 170 Å². The molecule has 3 fully saturated rings. The van der Waals surface area contributed by atoms with E-state index in [2.05, 4.69) is 16.0 Å². The molecule has 0 unspecified atom stereocenters. The van der Waals surface area contributed by atoms with E-state index in [9.17, 15) is 55.2 Å². The van der Waals surface area contributed by atoms with Gasteiger partial charge in [-0.2, -0.15) is 0 Å². The summed E-state index contributed by atoms with van der Waals surface area (Å²) in [5.74, 6) is -1.96. The van der Waals surface area contributed by atoms with Gasteiger partial charge < -0.3 is 80.5 Å². The van der Waals surface area contributed by atoms with Gasteiger partial charge in [-0.25, -0.2) is 0 Å². The van der Waals surface area contributed by atoms with E-state index in [1.165, 1.54) is 0 Å². The minimum Gasteiger partial charge on any atom is -0.394 e. The molecular weight excluding hydrogens is 586 g/mol. The van der Waals surface area contributed by atoms with Gasteiger partial charge in [-0.3, -0.25) is 14.4 Å². The molecule has 19 heteroatoms. The first-order valence-corrected chi connectivity index (χ1v) is 13.5. The summed E-state index contributed by atoms with van der Waals surface area (Å²) in [6, 6.07) is -4.31. The quantitative estimate of drug-likeness (QED) is 0.107. The fraction of sp³-hybridized carbons (Fsp3) is 0.875. The lowest BCUT2D eigenvalue weighted by Gasteiger charge is -2.49. The van der Waals surface area contributed by atoms with Crippen LogP contribution in [0.15, 0.2) is 0 Å². The molecule has 0 aliphatic carbocycles. The van der Waals surface area contributed by atoms with Crippen LogP contribution in [0.25, 0.3) is 0 Å². The van der Waals surface area contributed by atoms with Crippen molar-refractivity contribution in [3.05, 3.63) is 0 Å². The molecule has 0 aromatic carbocycles. The van der Waals surface area contributed by atoms with Crippen LogP contribution < -0.4 is 16.0 Å². The molecule has 0 saturated carbocycles. The lowest BCUT2D eigenvalue weighted by atomic mass is 9.93. The maximum atomic E-state index is 12.1. The maximum absolute atomic E-state index is 12.1. The predicted octanol–water partition coefficient (Wildman–Crippen LogP) is -7.14. The van der Waals surface area contributed by atoms with Crippen molar-refractivity contribution in [1.82, 2.24) is 16.0 Å². The van der Waals surface area contributed by atoms with Gasteiger partial charge in [0.2, 0.25) is 17.7 Å². The largest absolute Gasteiger partial charge is 0.394 e. The van der Waals surface area contributed by atoms with E-state index in [0.29, 0.717) is 0 Å². The molecule has 15 atom stereocenters. The first kappa shape index (κ1) is 35.4. The van der Waals surface area contributed by atoms with Crippen LogP contribution in [0.5, 0.6) is 0 Å². The summed E-state index contributed by atoms with van der Waals surface area (Å²) in [5.41, 5.74) is 0. The van der Waals surface area contributed by atoms with Crippen LogP contribution >= 0.6 is 0 Å². The minimum atomic E-state index is -1.77. The van der Waals surface area contributed by atoms with Gasteiger partial charge >= 0.3 is 0 Å². The Morgan fingerprint density at radius 3 is 1.37 bits per heavy atom. The Hall–Kier alpha value is -2.11. The zero-order chi connectivity index (χ0) is 32.2. The van der Waals surface area contributed by atoms with Crippen LogP contribution in [0.2, 0.25) is 0 Å². The van der Waals surface area contributed by atoms with Gasteiger partial charge in [-0.1, -0.05) is 0 Å². The summed E-state index contributed by atoms with van der Waals surface area (Å²) < 4.78 is 28.3. The summed E-state index contributed by atoms with van der Waals surface area (Å²) in [5, 5.41) is 90.0. The number of rotatable bonds is 10. The predicted molar refractivity (Wildman–Crippen MR) is 136 cm³/mol. The van der Waals surface area contributed by atoms with Crippen LogP contribution in [0, 0.1) is 0 Å². The molecule has 0 aromatic rings. The molecule has 0 aromatic heterocycles. The Bertz CT molecular complexity index is 962. The second-order valence-corrected chi connectivity index (χ2v) is 10.5. The van der Waals surface area contributed by atoms with Crippen molar-refractivity contribution in [2.75, 3.05) is 19.8 Å². The van der Waals surface area contributed by atoms with Gasteiger partial charge in [-0.05, 0) is 0 Å². The molecule has 3 heterocycles.